The summed E-state index contributed by atoms with van der Waals surface area (Å²) in [7, 11) is 1.53. The molecule has 4 aromatic rings. The topological polar surface area (TPSA) is 85.5 Å². The lowest BCUT2D eigenvalue weighted by Crippen LogP contribution is -2.29. The van der Waals surface area contributed by atoms with E-state index >= 15 is 0 Å². The van der Waals surface area contributed by atoms with Crippen LogP contribution < -0.4 is 15.1 Å². The van der Waals surface area contributed by atoms with Gasteiger partial charge in [-0.2, -0.15) is 0 Å². The number of pyridine rings is 1. The molecule has 0 fully saturated rings. The molecular formula is C20H13N3O4S. The van der Waals surface area contributed by atoms with E-state index in [2.05, 4.69) is 9.97 Å². The molecule has 1 atom stereocenters. The number of methoxy groups -OCH3 is 1. The van der Waals surface area contributed by atoms with Crippen LogP contribution in [0.5, 0.6) is 5.75 Å². The Labute approximate surface area is 162 Å². The number of aromatic nitrogens is 2. The summed E-state index contributed by atoms with van der Waals surface area (Å²) in [4.78, 5) is 36.7. The van der Waals surface area contributed by atoms with E-state index in [1.165, 1.54) is 23.3 Å². The molecule has 0 radical (unpaired) electrons. The standard InChI is InChI=1S/C20H13N3O4S/c1-26-11-5-6-12-14(10-11)27-18-15(17(12)24)16(13-4-2-3-7-21-13)23(19(18)25)20-22-8-9-28-20/h2-10,16H,1H3/t16-/m0/s1. The summed E-state index contributed by atoms with van der Waals surface area (Å²) in [5.41, 5.74) is 0.890. The molecule has 3 aromatic heterocycles. The largest absolute Gasteiger partial charge is 0.497 e. The van der Waals surface area contributed by atoms with Gasteiger partial charge >= 0.3 is 0 Å². The van der Waals surface area contributed by atoms with Crippen molar-refractivity contribution in [3.8, 4) is 5.75 Å². The second kappa shape index (κ2) is 6.28. The SMILES string of the molecule is COc1ccc2c(=O)c3c(oc2c1)C(=O)N(c1nccs1)[C@H]3c1ccccn1. The minimum Gasteiger partial charge on any atom is -0.497 e. The molecule has 1 aromatic carbocycles. The Bertz CT molecular complexity index is 1250. The molecule has 7 nitrogen and oxygen atoms in total. The van der Waals surface area contributed by atoms with Gasteiger partial charge in [-0.25, -0.2) is 4.98 Å². The average Bonchev–Trinajstić information content (AvgIpc) is 3.35. The second-order valence-electron chi connectivity index (χ2n) is 6.18. The van der Waals surface area contributed by atoms with Gasteiger partial charge in [-0.1, -0.05) is 6.07 Å². The lowest BCUT2D eigenvalue weighted by molar-refractivity contribution is 0.0970. The summed E-state index contributed by atoms with van der Waals surface area (Å²) < 4.78 is 11.1. The van der Waals surface area contributed by atoms with Crippen LogP contribution in [0, 0.1) is 0 Å². The molecule has 1 aliphatic rings. The molecule has 8 heteroatoms. The first-order chi connectivity index (χ1) is 13.7. The Morgan fingerprint density at radius 1 is 1.14 bits per heavy atom. The predicted molar refractivity (Wildman–Crippen MR) is 104 cm³/mol. The van der Waals surface area contributed by atoms with E-state index in [1.54, 1.807) is 48.1 Å². The Kier molecular flexibility index (Phi) is 3.73. The van der Waals surface area contributed by atoms with E-state index in [0.717, 1.165) is 0 Å². The zero-order chi connectivity index (χ0) is 19.3. The number of fused-ring (bicyclic) bond motifs is 2. The maximum Gasteiger partial charge on any atom is 0.297 e. The zero-order valence-corrected chi connectivity index (χ0v) is 15.5. The van der Waals surface area contributed by atoms with Gasteiger partial charge in [0.2, 0.25) is 5.76 Å². The van der Waals surface area contributed by atoms with E-state index in [9.17, 15) is 9.59 Å². The Morgan fingerprint density at radius 3 is 2.75 bits per heavy atom. The fourth-order valence-electron chi connectivity index (χ4n) is 3.43. The molecule has 0 unspecified atom stereocenters. The number of carbonyl (C=O) groups excluding carboxylic acids is 1. The van der Waals surface area contributed by atoms with Crippen LogP contribution in [-0.4, -0.2) is 23.0 Å². The quantitative estimate of drug-likeness (QED) is 0.532. The summed E-state index contributed by atoms with van der Waals surface area (Å²) in [5, 5.41) is 2.64. The Balaban J connectivity index is 1.82. The van der Waals surface area contributed by atoms with Crippen molar-refractivity contribution < 1.29 is 13.9 Å². The number of anilines is 1. The van der Waals surface area contributed by atoms with Gasteiger partial charge in [0.15, 0.2) is 10.6 Å². The van der Waals surface area contributed by atoms with Crippen molar-refractivity contribution in [2.24, 2.45) is 0 Å². The fraction of sp³-hybridized carbons (Fsp3) is 0.100. The summed E-state index contributed by atoms with van der Waals surface area (Å²) in [6.07, 6.45) is 3.24. The highest BCUT2D eigenvalue weighted by molar-refractivity contribution is 7.13. The van der Waals surface area contributed by atoms with E-state index in [1.807, 2.05) is 6.07 Å². The molecule has 5 rings (SSSR count). The van der Waals surface area contributed by atoms with Crippen LogP contribution in [0.3, 0.4) is 0 Å². The molecule has 0 saturated carbocycles. The maximum atomic E-state index is 13.3. The van der Waals surface area contributed by atoms with Gasteiger partial charge in [0, 0.05) is 23.8 Å². The number of rotatable bonds is 3. The van der Waals surface area contributed by atoms with Crippen LogP contribution in [-0.2, 0) is 0 Å². The number of hydrogen-bond acceptors (Lipinski definition) is 7. The molecule has 1 aliphatic heterocycles. The van der Waals surface area contributed by atoms with Crippen molar-refractivity contribution in [2.75, 3.05) is 12.0 Å². The van der Waals surface area contributed by atoms with Gasteiger partial charge < -0.3 is 9.15 Å². The summed E-state index contributed by atoms with van der Waals surface area (Å²) >= 11 is 1.31. The first-order valence-corrected chi connectivity index (χ1v) is 9.35. The van der Waals surface area contributed by atoms with Gasteiger partial charge in [-0.05, 0) is 24.3 Å². The molecule has 138 valence electrons. The smallest absolute Gasteiger partial charge is 0.297 e. The van der Waals surface area contributed by atoms with Crippen molar-refractivity contribution in [3.63, 3.8) is 0 Å². The summed E-state index contributed by atoms with van der Waals surface area (Å²) in [5.74, 6) is 0.137. The van der Waals surface area contributed by atoms with Gasteiger partial charge in [0.1, 0.15) is 17.4 Å². The highest BCUT2D eigenvalue weighted by atomic mass is 32.1. The summed E-state index contributed by atoms with van der Waals surface area (Å²) in [6, 6.07) is 9.63. The molecule has 0 aliphatic carbocycles. The predicted octanol–water partition coefficient (Wildman–Crippen LogP) is 3.40. The van der Waals surface area contributed by atoms with Crippen LogP contribution in [0.15, 0.2) is 63.4 Å². The van der Waals surface area contributed by atoms with E-state index < -0.39 is 11.9 Å². The number of nitrogens with zero attached hydrogens (tertiary/aromatic N) is 3. The lowest BCUT2D eigenvalue weighted by Gasteiger charge is -2.21. The monoisotopic (exact) mass is 391 g/mol. The van der Waals surface area contributed by atoms with Gasteiger partial charge in [0.25, 0.3) is 5.91 Å². The second-order valence-corrected chi connectivity index (χ2v) is 7.06. The number of ether oxygens (including phenoxy) is 1. The molecule has 0 spiro atoms. The Morgan fingerprint density at radius 2 is 2.04 bits per heavy atom. The van der Waals surface area contributed by atoms with Crippen molar-refractivity contribution >= 4 is 33.3 Å². The molecule has 1 amide bonds. The molecule has 4 heterocycles. The van der Waals surface area contributed by atoms with Gasteiger partial charge in [-0.15, -0.1) is 11.3 Å². The molecule has 0 saturated heterocycles. The van der Waals surface area contributed by atoms with Crippen LogP contribution >= 0.6 is 11.3 Å². The number of benzene rings is 1. The highest BCUT2D eigenvalue weighted by Crippen LogP contribution is 2.41. The number of hydrogen-bond donors (Lipinski definition) is 0. The van der Waals surface area contributed by atoms with Gasteiger partial charge in [0.05, 0.1) is 23.8 Å². The fourth-order valence-corrected chi connectivity index (χ4v) is 4.09. The summed E-state index contributed by atoms with van der Waals surface area (Å²) in [6.45, 7) is 0. The molecule has 0 N–H and O–H groups in total. The Hall–Kier alpha value is -3.52. The first kappa shape index (κ1) is 16.6. The van der Waals surface area contributed by atoms with Crippen molar-refractivity contribution in [2.45, 2.75) is 6.04 Å². The minimum absolute atomic E-state index is 0.0107. The third-order valence-corrected chi connectivity index (χ3v) is 5.44. The zero-order valence-electron chi connectivity index (χ0n) is 14.7. The van der Waals surface area contributed by atoms with Gasteiger partial charge in [-0.3, -0.25) is 19.5 Å². The number of amides is 1. The van der Waals surface area contributed by atoms with E-state index in [4.69, 9.17) is 9.15 Å². The van der Waals surface area contributed by atoms with Crippen LogP contribution in [0.1, 0.15) is 27.9 Å². The molecular weight excluding hydrogens is 378 g/mol. The average molecular weight is 391 g/mol. The van der Waals surface area contributed by atoms with Crippen LogP contribution in [0.4, 0.5) is 5.13 Å². The van der Waals surface area contributed by atoms with Crippen molar-refractivity contribution in [1.29, 1.82) is 0 Å². The lowest BCUT2D eigenvalue weighted by atomic mass is 10.0. The highest BCUT2D eigenvalue weighted by Gasteiger charge is 2.45. The number of thiazole rings is 1. The normalized spacial score (nSPS) is 15.8. The molecule has 28 heavy (non-hydrogen) atoms. The number of carbonyl (C=O) groups is 1. The van der Waals surface area contributed by atoms with Crippen molar-refractivity contribution in [1.82, 2.24) is 9.97 Å². The van der Waals surface area contributed by atoms with Crippen LogP contribution in [0.2, 0.25) is 0 Å². The van der Waals surface area contributed by atoms with E-state index in [0.29, 0.717) is 27.5 Å². The third-order valence-electron chi connectivity index (χ3n) is 4.67. The third kappa shape index (κ3) is 2.35. The van der Waals surface area contributed by atoms with Crippen molar-refractivity contribution in [3.05, 3.63) is 81.4 Å². The minimum atomic E-state index is -0.697. The van der Waals surface area contributed by atoms with Crippen LogP contribution in [0.25, 0.3) is 11.0 Å². The first-order valence-electron chi connectivity index (χ1n) is 8.48. The maximum absolute atomic E-state index is 13.3. The molecule has 0 bridgehead atoms. The van der Waals surface area contributed by atoms with E-state index in [-0.39, 0.29) is 16.8 Å².